The number of rotatable bonds is 0. The SMILES string of the molecule is ClC1C=C(Br)C(I)=CC1. The topological polar surface area (TPSA) is 0 Å². The van der Waals surface area contributed by atoms with Crippen molar-refractivity contribution in [1.29, 1.82) is 0 Å². The Morgan fingerprint density at radius 3 is 2.89 bits per heavy atom. The first-order chi connectivity index (χ1) is 4.20. The summed E-state index contributed by atoms with van der Waals surface area (Å²) in [4.78, 5) is 0. The molecule has 0 spiro atoms. The zero-order valence-electron chi connectivity index (χ0n) is 4.57. The average molecular weight is 319 g/mol. The summed E-state index contributed by atoms with van der Waals surface area (Å²) in [6.45, 7) is 0. The van der Waals surface area contributed by atoms with E-state index in [-0.39, 0.29) is 5.38 Å². The van der Waals surface area contributed by atoms with Crippen molar-refractivity contribution in [1.82, 2.24) is 0 Å². The Labute approximate surface area is 81.6 Å². The smallest absolute Gasteiger partial charge is 0.0565 e. The van der Waals surface area contributed by atoms with Gasteiger partial charge >= 0.3 is 0 Å². The summed E-state index contributed by atoms with van der Waals surface area (Å²) >= 11 is 11.5. The molecular weight excluding hydrogens is 314 g/mol. The zero-order chi connectivity index (χ0) is 6.85. The van der Waals surface area contributed by atoms with E-state index in [0.29, 0.717) is 0 Å². The number of alkyl halides is 1. The summed E-state index contributed by atoms with van der Waals surface area (Å²) < 4.78 is 2.37. The maximum atomic E-state index is 5.82. The molecule has 0 heterocycles. The van der Waals surface area contributed by atoms with Crippen molar-refractivity contribution in [2.24, 2.45) is 0 Å². The van der Waals surface area contributed by atoms with E-state index < -0.39 is 0 Å². The van der Waals surface area contributed by atoms with Crippen molar-refractivity contribution in [3.05, 3.63) is 20.2 Å². The molecule has 1 atom stereocenters. The van der Waals surface area contributed by atoms with Gasteiger partial charge in [-0.15, -0.1) is 11.6 Å². The van der Waals surface area contributed by atoms with Crippen LogP contribution in [0.1, 0.15) is 6.42 Å². The summed E-state index contributed by atoms with van der Waals surface area (Å²) in [5.41, 5.74) is 0. The van der Waals surface area contributed by atoms with E-state index in [1.54, 1.807) is 0 Å². The second-order valence-corrected chi connectivity index (χ2v) is 4.40. The van der Waals surface area contributed by atoms with Crippen molar-refractivity contribution in [3.63, 3.8) is 0 Å². The van der Waals surface area contributed by atoms with Gasteiger partial charge in [-0.05, 0) is 44.9 Å². The van der Waals surface area contributed by atoms with Crippen LogP contribution in [0.3, 0.4) is 0 Å². The highest BCUT2D eigenvalue weighted by atomic mass is 127. The third-order valence-electron chi connectivity index (χ3n) is 1.08. The first kappa shape index (κ1) is 8.08. The summed E-state index contributed by atoms with van der Waals surface area (Å²) in [6, 6.07) is 0. The molecule has 9 heavy (non-hydrogen) atoms. The minimum atomic E-state index is 0.179. The van der Waals surface area contributed by atoms with Gasteiger partial charge in [-0.1, -0.05) is 12.2 Å². The molecular formula is C6H5BrClI. The van der Waals surface area contributed by atoms with E-state index in [1.165, 1.54) is 3.58 Å². The second-order valence-electron chi connectivity index (χ2n) is 1.82. The van der Waals surface area contributed by atoms with Gasteiger partial charge in [0.05, 0.1) is 5.38 Å². The lowest BCUT2D eigenvalue weighted by molar-refractivity contribution is 1.04. The maximum Gasteiger partial charge on any atom is 0.0565 e. The van der Waals surface area contributed by atoms with Crippen LogP contribution in [0.5, 0.6) is 0 Å². The molecule has 1 unspecified atom stereocenters. The van der Waals surface area contributed by atoms with Crippen LogP contribution in [0.15, 0.2) is 20.2 Å². The number of hydrogen-bond acceptors (Lipinski definition) is 0. The van der Waals surface area contributed by atoms with Gasteiger partial charge in [0.1, 0.15) is 0 Å². The lowest BCUT2D eigenvalue weighted by atomic mass is 10.2. The van der Waals surface area contributed by atoms with E-state index in [1.807, 2.05) is 6.08 Å². The van der Waals surface area contributed by atoms with E-state index in [2.05, 4.69) is 44.6 Å². The predicted molar refractivity (Wildman–Crippen MR) is 53.4 cm³/mol. The van der Waals surface area contributed by atoms with Crippen molar-refractivity contribution in [2.75, 3.05) is 0 Å². The van der Waals surface area contributed by atoms with Crippen molar-refractivity contribution in [3.8, 4) is 0 Å². The van der Waals surface area contributed by atoms with Crippen LogP contribution in [-0.2, 0) is 0 Å². The van der Waals surface area contributed by atoms with Gasteiger partial charge in [0, 0.05) is 8.06 Å². The summed E-state index contributed by atoms with van der Waals surface area (Å²) in [5, 5.41) is 0.179. The van der Waals surface area contributed by atoms with Crippen LogP contribution >= 0.6 is 50.1 Å². The summed E-state index contributed by atoms with van der Waals surface area (Å²) in [6.07, 6.45) is 5.10. The lowest BCUT2D eigenvalue weighted by Crippen LogP contribution is -1.96. The van der Waals surface area contributed by atoms with Crippen molar-refractivity contribution in [2.45, 2.75) is 11.8 Å². The first-order valence-corrected chi connectivity index (χ1v) is 4.88. The molecule has 0 aromatic rings. The zero-order valence-corrected chi connectivity index (χ0v) is 9.07. The van der Waals surface area contributed by atoms with Crippen LogP contribution in [0.4, 0.5) is 0 Å². The van der Waals surface area contributed by atoms with Gasteiger partial charge in [-0.25, -0.2) is 0 Å². The molecule has 0 N–H and O–H groups in total. The highest BCUT2D eigenvalue weighted by Crippen LogP contribution is 2.30. The quantitative estimate of drug-likeness (QED) is 0.473. The Balaban J connectivity index is 2.75. The third-order valence-corrected chi connectivity index (χ3v) is 3.84. The molecule has 0 aromatic carbocycles. The Bertz CT molecular complexity index is 174. The molecule has 50 valence electrons. The molecule has 1 rings (SSSR count). The Kier molecular flexibility index (Phi) is 3.05. The highest BCUT2D eigenvalue weighted by Gasteiger charge is 2.08. The fourth-order valence-corrected chi connectivity index (χ4v) is 1.90. The predicted octanol–water partition coefficient (Wildman–Crippen LogP) is 3.60. The Morgan fingerprint density at radius 2 is 2.44 bits per heavy atom. The molecule has 0 saturated carbocycles. The molecule has 0 radical (unpaired) electrons. The standard InChI is InChI=1S/C6H5BrClI/c7-5-3-4(8)1-2-6(5)9/h2-4H,1H2. The molecule has 0 bridgehead atoms. The van der Waals surface area contributed by atoms with E-state index in [9.17, 15) is 0 Å². The van der Waals surface area contributed by atoms with Crippen molar-refractivity contribution >= 4 is 50.1 Å². The van der Waals surface area contributed by atoms with E-state index in [4.69, 9.17) is 11.6 Å². The minimum absolute atomic E-state index is 0.179. The molecule has 0 aromatic heterocycles. The maximum absolute atomic E-state index is 5.82. The number of halogens is 3. The monoisotopic (exact) mass is 318 g/mol. The molecule has 3 heteroatoms. The fourth-order valence-electron chi connectivity index (χ4n) is 0.620. The van der Waals surface area contributed by atoms with Crippen LogP contribution in [0.2, 0.25) is 0 Å². The first-order valence-electron chi connectivity index (χ1n) is 2.57. The fraction of sp³-hybridized carbons (Fsp3) is 0.333. The summed E-state index contributed by atoms with van der Waals surface area (Å²) in [5.74, 6) is 0. The van der Waals surface area contributed by atoms with Crippen LogP contribution < -0.4 is 0 Å². The molecule has 0 saturated heterocycles. The molecule has 0 fully saturated rings. The van der Waals surface area contributed by atoms with Gasteiger partial charge in [0.15, 0.2) is 0 Å². The minimum Gasteiger partial charge on any atom is -0.118 e. The lowest BCUT2D eigenvalue weighted by Gasteiger charge is -2.08. The van der Waals surface area contributed by atoms with Gasteiger partial charge in [-0.2, -0.15) is 0 Å². The molecule has 0 aliphatic heterocycles. The number of allylic oxidation sites excluding steroid dienone is 4. The third kappa shape index (κ3) is 2.24. The Morgan fingerprint density at radius 1 is 1.78 bits per heavy atom. The van der Waals surface area contributed by atoms with E-state index >= 15 is 0 Å². The largest absolute Gasteiger partial charge is 0.118 e. The van der Waals surface area contributed by atoms with Crippen LogP contribution in [0, 0.1) is 0 Å². The molecule has 1 aliphatic rings. The second kappa shape index (κ2) is 3.39. The molecule has 0 amide bonds. The van der Waals surface area contributed by atoms with E-state index in [0.717, 1.165) is 10.9 Å². The molecule has 0 nitrogen and oxygen atoms in total. The normalized spacial score (nSPS) is 27.2. The van der Waals surface area contributed by atoms with Gasteiger partial charge in [0.25, 0.3) is 0 Å². The van der Waals surface area contributed by atoms with Gasteiger partial charge in [0.2, 0.25) is 0 Å². The van der Waals surface area contributed by atoms with Gasteiger partial charge < -0.3 is 0 Å². The Hall–Kier alpha value is 0.980. The average Bonchev–Trinajstić information content (AvgIpc) is 1.80. The number of hydrogen-bond donors (Lipinski definition) is 0. The van der Waals surface area contributed by atoms with Crippen molar-refractivity contribution < 1.29 is 0 Å². The van der Waals surface area contributed by atoms with Crippen LogP contribution in [0.25, 0.3) is 0 Å². The summed E-state index contributed by atoms with van der Waals surface area (Å²) in [7, 11) is 0. The molecule has 1 aliphatic carbocycles. The van der Waals surface area contributed by atoms with Crippen LogP contribution in [-0.4, -0.2) is 5.38 Å². The van der Waals surface area contributed by atoms with Gasteiger partial charge in [-0.3, -0.25) is 0 Å². The highest BCUT2D eigenvalue weighted by molar-refractivity contribution is 14.1.